The van der Waals surface area contributed by atoms with E-state index in [2.05, 4.69) is 25.4 Å². The summed E-state index contributed by atoms with van der Waals surface area (Å²) in [5.74, 6) is 0.392. The number of H-pyrrole nitrogens is 1. The molecule has 184 valence electrons. The average molecular weight is 475 g/mol. The van der Waals surface area contributed by atoms with Gasteiger partial charge in [-0.1, -0.05) is 18.6 Å². The zero-order chi connectivity index (χ0) is 24.8. The smallest absolute Gasteiger partial charge is 0.251 e. The summed E-state index contributed by atoms with van der Waals surface area (Å²) in [6.07, 6.45) is 3.78. The molecule has 1 aliphatic heterocycles. The quantitative estimate of drug-likeness (QED) is 0.295. The second-order valence-corrected chi connectivity index (χ2v) is 9.26. The first-order valence-corrected chi connectivity index (χ1v) is 12.1. The minimum Gasteiger partial charge on any atom is -0.386 e. The Labute approximate surface area is 205 Å². The van der Waals surface area contributed by atoms with Crippen molar-refractivity contribution in [3.63, 3.8) is 0 Å². The Balaban J connectivity index is 1.50. The first-order valence-electron chi connectivity index (χ1n) is 12.1. The number of benzene rings is 2. The molecule has 3 aromatic rings. The number of likely N-dealkylation sites (tertiary alicyclic amines) is 1. The van der Waals surface area contributed by atoms with Crippen molar-refractivity contribution in [2.75, 3.05) is 46.8 Å². The van der Waals surface area contributed by atoms with Gasteiger partial charge in [0.1, 0.15) is 5.84 Å². The highest BCUT2D eigenvalue weighted by molar-refractivity contribution is 6.07. The number of aromatic amines is 1. The SMILES string of the molecule is CN(C)CC(N)=NC(=N)c1ccc2[nH]nc(-c3cccc(C(=O)NCCN4CCCCC4)c3)c2c1. The number of piperidine rings is 1. The van der Waals surface area contributed by atoms with Gasteiger partial charge in [-0.3, -0.25) is 15.3 Å². The molecule has 1 aromatic heterocycles. The van der Waals surface area contributed by atoms with Gasteiger partial charge in [-0.05, 0) is 70.4 Å². The van der Waals surface area contributed by atoms with Gasteiger partial charge in [-0.2, -0.15) is 5.10 Å². The number of carbonyl (C=O) groups is 1. The highest BCUT2D eigenvalue weighted by Gasteiger charge is 2.14. The number of amides is 1. The summed E-state index contributed by atoms with van der Waals surface area (Å²) in [4.78, 5) is 21.3. The molecule has 0 aliphatic carbocycles. The number of nitrogens with zero attached hydrogens (tertiary/aromatic N) is 4. The molecule has 4 rings (SSSR count). The van der Waals surface area contributed by atoms with Crippen LogP contribution in [0.2, 0.25) is 0 Å². The second kappa shape index (κ2) is 11.2. The van der Waals surface area contributed by atoms with Crippen LogP contribution in [-0.4, -0.2) is 84.4 Å². The number of nitrogens with two attached hydrogens (primary N) is 1. The van der Waals surface area contributed by atoms with Gasteiger partial charge in [0.15, 0.2) is 5.84 Å². The molecule has 9 heteroatoms. The number of likely N-dealkylation sites (N-methyl/N-ethyl adjacent to an activating group) is 1. The molecular weight excluding hydrogens is 440 g/mol. The summed E-state index contributed by atoms with van der Waals surface area (Å²) in [6.45, 7) is 4.23. The highest BCUT2D eigenvalue weighted by atomic mass is 16.1. The Morgan fingerprint density at radius 1 is 1.17 bits per heavy atom. The molecule has 35 heavy (non-hydrogen) atoms. The van der Waals surface area contributed by atoms with Crippen LogP contribution in [0.3, 0.4) is 0 Å². The molecule has 0 saturated carbocycles. The van der Waals surface area contributed by atoms with Gasteiger partial charge in [0, 0.05) is 35.2 Å². The maximum atomic E-state index is 12.8. The van der Waals surface area contributed by atoms with Gasteiger partial charge in [0.05, 0.1) is 17.8 Å². The maximum Gasteiger partial charge on any atom is 0.251 e. The molecule has 0 bridgehead atoms. The van der Waals surface area contributed by atoms with Gasteiger partial charge in [0.2, 0.25) is 0 Å². The van der Waals surface area contributed by atoms with E-state index in [1.54, 1.807) is 0 Å². The predicted molar refractivity (Wildman–Crippen MR) is 141 cm³/mol. The van der Waals surface area contributed by atoms with Crippen molar-refractivity contribution in [1.82, 2.24) is 25.3 Å². The van der Waals surface area contributed by atoms with E-state index in [4.69, 9.17) is 11.1 Å². The van der Waals surface area contributed by atoms with E-state index in [9.17, 15) is 4.79 Å². The summed E-state index contributed by atoms with van der Waals surface area (Å²) >= 11 is 0. The lowest BCUT2D eigenvalue weighted by Crippen LogP contribution is -2.37. The predicted octanol–water partition coefficient (Wildman–Crippen LogP) is 2.69. The van der Waals surface area contributed by atoms with E-state index in [0.29, 0.717) is 30.1 Å². The lowest BCUT2D eigenvalue weighted by Gasteiger charge is -2.26. The number of hydrogen-bond acceptors (Lipinski definition) is 5. The standard InChI is InChI=1S/C26H34N8O/c1-33(2)17-23(27)30-25(28)19-9-10-22-21(16-19)24(32-31-22)18-7-6-8-20(15-18)26(35)29-11-14-34-12-4-3-5-13-34/h6-10,15-16H,3-5,11-14,17H2,1-2H3,(H,29,35)(H,31,32)(H3,27,28,30). The molecule has 0 radical (unpaired) electrons. The zero-order valence-corrected chi connectivity index (χ0v) is 20.5. The Kier molecular flexibility index (Phi) is 7.89. The summed E-state index contributed by atoms with van der Waals surface area (Å²) in [7, 11) is 3.80. The summed E-state index contributed by atoms with van der Waals surface area (Å²) in [6, 6.07) is 13.1. The number of nitrogens with one attached hydrogen (secondary N) is 3. The van der Waals surface area contributed by atoms with Crippen molar-refractivity contribution in [1.29, 1.82) is 5.41 Å². The fourth-order valence-corrected chi connectivity index (χ4v) is 4.37. The van der Waals surface area contributed by atoms with Crippen molar-refractivity contribution in [3.8, 4) is 11.3 Å². The van der Waals surface area contributed by atoms with Crippen LogP contribution in [0.5, 0.6) is 0 Å². The largest absolute Gasteiger partial charge is 0.386 e. The van der Waals surface area contributed by atoms with E-state index >= 15 is 0 Å². The Morgan fingerprint density at radius 2 is 1.97 bits per heavy atom. The molecule has 2 heterocycles. The lowest BCUT2D eigenvalue weighted by atomic mass is 10.0. The van der Waals surface area contributed by atoms with Crippen molar-refractivity contribution < 1.29 is 4.79 Å². The first kappa shape index (κ1) is 24.6. The van der Waals surface area contributed by atoms with Crippen LogP contribution in [0.4, 0.5) is 0 Å². The molecule has 0 unspecified atom stereocenters. The molecule has 0 spiro atoms. The van der Waals surface area contributed by atoms with Crippen molar-refractivity contribution >= 4 is 28.5 Å². The number of carbonyl (C=O) groups excluding carboxylic acids is 1. The number of hydrogen-bond donors (Lipinski definition) is 4. The Bertz CT molecular complexity index is 1220. The summed E-state index contributed by atoms with van der Waals surface area (Å²) in [5, 5.41) is 19.8. The lowest BCUT2D eigenvalue weighted by molar-refractivity contribution is 0.0946. The molecule has 5 N–H and O–H groups in total. The van der Waals surface area contributed by atoms with E-state index in [1.165, 1.54) is 19.3 Å². The second-order valence-electron chi connectivity index (χ2n) is 9.26. The third kappa shape index (κ3) is 6.32. The number of aliphatic imine (C=N–C) groups is 1. The van der Waals surface area contributed by atoms with Gasteiger partial charge in [-0.15, -0.1) is 0 Å². The molecule has 1 amide bonds. The van der Waals surface area contributed by atoms with E-state index in [-0.39, 0.29) is 11.7 Å². The van der Waals surface area contributed by atoms with E-state index in [1.807, 2.05) is 61.5 Å². The number of rotatable bonds is 8. The number of amidine groups is 2. The highest BCUT2D eigenvalue weighted by Crippen LogP contribution is 2.28. The summed E-state index contributed by atoms with van der Waals surface area (Å²) < 4.78 is 0. The van der Waals surface area contributed by atoms with Crippen LogP contribution in [0, 0.1) is 5.41 Å². The first-order chi connectivity index (χ1) is 16.9. The monoisotopic (exact) mass is 474 g/mol. The molecule has 9 nitrogen and oxygen atoms in total. The Hall–Kier alpha value is -3.56. The van der Waals surface area contributed by atoms with Crippen LogP contribution in [-0.2, 0) is 0 Å². The van der Waals surface area contributed by atoms with Crippen molar-refractivity contribution in [2.45, 2.75) is 19.3 Å². The molecule has 0 atom stereocenters. The number of fused-ring (bicyclic) bond motifs is 1. The molecule has 2 aromatic carbocycles. The molecule has 1 aliphatic rings. The molecule has 1 saturated heterocycles. The third-order valence-electron chi connectivity index (χ3n) is 6.13. The van der Waals surface area contributed by atoms with Gasteiger partial charge in [-0.25, -0.2) is 4.99 Å². The Morgan fingerprint density at radius 3 is 2.74 bits per heavy atom. The molecule has 1 fully saturated rings. The van der Waals surface area contributed by atoms with Crippen LogP contribution in [0.25, 0.3) is 22.2 Å². The number of aromatic nitrogens is 2. The van der Waals surface area contributed by atoms with Crippen molar-refractivity contribution in [2.24, 2.45) is 10.7 Å². The average Bonchev–Trinajstić information content (AvgIpc) is 3.27. The third-order valence-corrected chi connectivity index (χ3v) is 6.13. The fourth-order valence-electron chi connectivity index (χ4n) is 4.37. The van der Waals surface area contributed by atoms with E-state index in [0.717, 1.165) is 41.8 Å². The summed E-state index contributed by atoms with van der Waals surface area (Å²) in [5.41, 5.74) is 9.61. The topological polar surface area (TPSA) is 126 Å². The maximum absolute atomic E-state index is 12.8. The van der Waals surface area contributed by atoms with E-state index < -0.39 is 0 Å². The van der Waals surface area contributed by atoms with Crippen molar-refractivity contribution in [3.05, 3.63) is 53.6 Å². The van der Waals surface area contributed by atoms with Gasteiger partial charge >= 0.3 is 0 Å². The zero-order valence-electron chi connectivity index (χ0n) is 20.5. The van der Waals surface area contributed by atoms with Crippen LogP contribution in [0.1, 0.15) is 35.2 Å². The van der Waals surface area contributed by atoms with Crippen LogP contribution in [0.15, 0.2) is 47.5 Å². The van der Waals surface area contributed by atoms with Crippen LogP contribution < -0.4 is 11.1 Å². The van der Waals surface area contributed by atoms with Gasteiger partial charge in [0.25, 0.3) is 5.91 Å². The molecular formula is C26H34N8O. The minimum atomic E-state index is -0.0862. The normalized spacial score (nSPS) is 15.0. The fraction of sp³-hybridized carbons (Fsp3) is 0.385. The minimum absolute atomic E-state index is 0.0862. The van der Waals surface area contributed by atoms with Gasteiger partial charge < -0.3 is 20.9 Å². The van der Waals surface area contributed by atoms with Crippen LogP contribution >= 0.6 is 0 Å².